The fraction of sp³-hybridized carbons (Fsp3) is 0.500. The fourth-order valence-electron chi connectivity index (χ4n) is 6.71. The Bertz CT molecular complexity index is 1530. The summed E-state index contributed by atoms with van der Waals surface area (Å²) in [4.78, 5) is 42.2. The van der Waals surface area contributed by atoms with Crippen LogP contribution in [0.5, 0.6) is 5.75 Å². The highest BCUT2D eigenvalue weighted by Gasteiger charge is 2.30. The van der Waals surface area contributed by atoms with Crippen LogP contribution in [0.25, 0.3) is 0 Å². The predicted octanol–water partition coefficient (Wildman–Crippen LogP) is 4.52. The number of carbonyl (C=O) groups is 2. The third-order valence-electron chi connectivity index (χ3n) is 9.28. The quantitative estimate of drug-likeness (QED) is 0.274. The van der Waals surface area contributed by atoms with Gasteiger partial charge in [0.1, 0.15) is 36.0 Å². The molecule has 12 nitrogen and oxygen atoms in total. The molecular formula is C34H43N7O5. The van der Waals surface area contributed by atoms with Crippen LogP contribution < -0.4 is 15.4 Å². The highest BCUT2D eigenvalue weighted by Crippen LogP contribution is 2.31. The number of carbonyl (C=O) groups excluding carboxylic acids is 2. The second-order valence-corrected chi connectivity index (χ2v) is 12.5. The van der Waals surface area contributed by atoms with Crippen LogP contribution in [-0.2, 0) is 24.4 Å². The van der Waals surface area contributed by atoms with Gasteiger partial charge in [0.25, 0.3) is 5.91 Å². The number of likely N-dealkylation sites (tertiary alicyclic amines) is 1. The smallest absolute Gasteiger partial charge is 0.270 e. The third kappa shape index (κ3) is 7.78. The van der Waals surface area contributed by atoms with Gasteiger partial charge in [0.2, 0.25) is 5.91 Å². The number of aromatic nitrogens is 3. The van der Waals surface area contributed by atoms with Crippen molar-refractivity contribution < 1.29 is 23.8 Å². The number of hydrogen-bond acceptors (Lipinski definition) is 10. The monoisotopic (exact) mass is 629 g/mol. The van der Waals surface area contributed by atoms with E-state index in [1.165, 1.54) is 30.3 Å². The normalized spacial score (nSPS) is 20.2. The van der Waals surface area contributed by atoms with E-state index >= 15 is 0 Å². The highest BCUT2D eigenvalue weighted by molar-refractivity contribution is 5.92. The summed E-state index contributed by atoms with van der Waals surface area (Å²) < 4.78 is 11.2. The topological polar surface area (TPSA) is 146 Å². The molecule has 1 aromatic carbocycles. The number of ether oxygens (including phenoxy) is 1. The average Bonchev–Trinajstić information content (AvgIpc) is 3.61. The predicted molar refractivity (Wildman–Crippen MR) is 171 cm³/mol. The third-order valence-corrected chi connectivity index (χ3v) is 9.28. The van der Waals surface area contributed by atoms with Gasteiger partial charge in [-0.3, -0.25) is 9.59 Å². The molecule has 0 spiro atoms. The maximum absolute atomic E-state index is 12.9. The van der Waals surface area contributed by atoms with Crippen LogP contribution >= 0.6 is 0 Å². The lowest BCUT2D eigenvalue weighted by Gasteiger charge is -2.34. The summed E-state index contributed by atoms with van der Waals surface area (Å²) in [5, 5.41) is 16.8. The molecule has 2 fully saturated rings. The molecule has 3 N–H and O–H groups in total. The molecular weight excluding hydrogens is 586 g/mol. The van der Waals surface area contributed by atoms with Crippen molar-refractivity contribution in [1.29, 1.82) is 0 Å². The molecule has 0 radical (unpaired) electrons. The second kappa shape index (κ2) is 14.7. The Balaban J connectivity index is 0.958. The van der Waals surface area contributed by atoms with Gasteiger partial charge >= 0.3 is 0 Å². The number of amides is 2. The Hall–Kier alpha value is -4.61. The number of hydrogen-bond donors (Lipinski definition) is 3. The number of benzene rings is 1. The number of aliphatic hydroxyl groups is 1. The molecule has 1 saturated heterocycles. The Morgan fingerprint density at radius 3 is 2.72 bits per heavy atom. The van der Waals surface area contributed by atoms with E-state index in [2.05, 4.69) is 38.6 Å². The van der Waals surface area contributed by atoms with Crippen molar-refractivity contribution in [2.24, 2.45) is 5.92 Å². The van der Waals surface area contributed by atoms with Crippen molar-refractivity contribution in [1.82, 2.24) is 30.1 Å². The van der Waals surface area contributed by atoms with Crippen molar-refractivity contribution in [3.05, 3.63) is 77.2 Å². The molecule has 12 heteroatoms. The summed E-state index contributed by atoms with van der Waals surface area (Å²) in [5.41, 5.74) is 3.75. The molecule has 4 heterocycles. The number of anilines is 1. The van der Waals surface area contributed by atoms with Crippen LogP contribution in [0.15, 0.2) is 53.5 Å². The number of oxazole rings is 1. The standard InChI is InChI=1S/C34H43N7O5/c1-23-29-11-14-40(18-25(29)7-10-31(23)45-20-28-17-35-22-46-28)19-27(42)16-36-33(43)30-15-32(38-21-37-30)39-26-8-5-24(6-9-26)34(44)41-12-3-2-4-13-41/h7,10,15,17,19,21-22,24,26,42H,2-6,8-9,11-14,16,18,20H2,1H3,(H,36,43)(H,37,38,39)/b27-19-. The first-order chi connectivity index (χ1) is 22.4. The summed E-state index contributed by atoms with van der Waals surface area (Å²) >= 11 is 0. The number of aliphatic hydroxyl groups excluding tert-OH is 1. The minimum absolute atomic E-state index is 0.0164. The largest absolute Gasteiger partial charge is 0.509 e. The van der Waals surface area contributed by atoms with Gasteiger partial charge in [0, 0.05) is 50.4 Å². The Labute approximate surface area is 269 Å². The summed E-state index contributed by atoms with van der Waals surface area (Å²) in [6.45, 7) is 5.53. The lowest BCUT2D eigenvalue weighted by atomic mass is 9.85. The Morgan fingerprint density at radius 1 is 1.11 bits per heavy atom. The molecule has 2 amide bonds. The van der Waals surface area contributed by atoms with Gasteiger partial charge in [-0.25, -0.2) is 15.0 Å². The second-order valence-electron chi connectivity index (χ2n) is 12.5. The van der Waals surface area contributed by atoms with Crippen LogP contribution in [-0.4, -0.2) is 73.9 Å². The Kier molecular flexibility index (Phi) is 10.00. The van der Waals surface area contributed by atoms with E-state index in [0.29, 0.717) is 30.6 Å². The van der Waals surface area contributed by atoms with Crippen LogP contribution in [0.4, 0.5) is 5.82 Å². The van der Waals surface area contributed by atoms with Gasteiger partial charge in [-0.2, -0.15) is 0 Å². The molecule has 0 bridgehead atoms. The van der Waals surface area contributed by atoms with Crippen LogP contribution in [0, 0.1) is 12.8 Å². The van der Waals surface area contributed by atoms with E-state index in [1.54, 1.807) is 18.5 Å². The average molecular weight is 630 g/mol. The number of nitrogens with one attached hydrogen (secondary N) is 2. The lowest BCUT2D eigenvalue weighted by Crippen LogP contribution is -2.41. The van der Waals surface area contributed by atoms with Gasteiger partial charge in [-0.1, -0.05) is 6.07 Å². The molecule has 3 aliphatic rings. The highest BCUT2D eigenvalue weighted by atomic mass is 16.5. The van der Waals surface area contributed by atoms with Crippen molar-refractivity contribution >= 4 is 17.6 Å². The van der Waals surface area contributed by atoms with Gasteiger partial charge in [0.05, 0.1) is 12.7 Å². The zero-order valence-corrected chi connectivity index (χ0v) is 26.4. The number of piperidine rings is 1. The van der Waals surface area contributed by atoms with Crippen molar-refractivity contribution in [2.75, 3.05) is 31.5 Å². The first kappa shape index (κ1) is 31.4. The van der Waals surface area contributed by atoms with E-state index in [9.17, 15) is 14.7 Å². The van der Waals surface area contributed by atoms with Gasteiger partial charge in [-0.05, 0) is 81.0 Å². The van der Waals surface area contributed by atoms with Crippen LogP contribution in [0.1, 0.15) is 77.9 Å². The summed E-state index contributed by atoms with van der Waals surface area (Å²) in [6, 6.07) is 5.85. The lowest BCUT2D eigenvalue weighted by molar-refractivity contribution is -0.137. The minimum Gasteiger partial charge on any atom is -0.509 e. The zero-order valence-electron chi connectivity index (χ0n) is 26.4. The molecule has 0 unspecified atom stereocenters. The number of fused-ring (bicyclic) bond motifs is 1. The first-order valence-corrected chi connectivity index (χ1v) is 16.3. The molecule has 244 valence electrons. The SMILES string of the molecule is Cc1c(OCc2cnco2)ccc2c1CCN(/C=C(\O)CNC(=O)c1cc(NC3CCC(C(=O)N4CCCCC4)CC3)ncn1)C2. The molecule has 46 heavy (non-hydrogen) atoms. The van der Waals surface area contributed by atoms with E-state index in [1.807, 2.05) is 15.9 Å². The molecule has 1 saturated carbocycles. The fourth-order valence-corrected chi connectivity index (χ4v) is 6.71. The van der Waals surface area contributed by atoms with Crippen LogP contribution in [0.3, 0.4) is 0 Å². The Morgan fingerprint density at radius 2 is 1.93 bits per heavy atom. The molecule has 0 atom stereocenters. The molecule has 3 aromatic rings. The van der Waals surface area contributed by atoms with Gasteiger partial charge < -0.3 is 34.7 Å². The maximum Gasteiger partial charge on any atom is 0.270 e. The summed E-state index contributed by atoms with van der Waals surface area (Å²) in [6.07, 6.45) is 13.8. The molecule has 6 rings (SSSR count). The molecule has 2 aromatic heterocycles. The maximum atomic E-state index is 12.9. The van der Waals surface area contributed by atoms with E-state index in [0.717, 1.165) is 75.9 Å². The summed E-state index contributed by atoms with van der Waals surface area (Å²) in [7, 11) is 0. The molecule has 2 aliphatic heterocycles. The van der Waals surface area contributed by atoms with E-state index in [4.69, 9.17) is 9.15 Å². The van der Waals surface area contributed by atoms with E-state index < -0.39 is 5.91 Å². The van der Waals surface area contributed by atoms with Gasteiger partial charge in [0.15, 0.2) is 12.2 Å². The molecule has 1 aliphatic carbocycles. The van der Waals surface area contributed by atoms with Crippen molar-refractivity contribution in [3.8, 4) is 5.75 Å². The van der Waals surface area contributed by atoms with E-state index in [-0.39, 0.29) is 30.0 Å². The van der Waals surface area contributed by atoms with Crippen molar-refractivity contribution in [2.45, 2.75) is 77.5 Å². The van der Waals surface area contributed by atoms with Crippen molar-refractivity contribution in [3.63, 3.8) is 0 Å². The number of rotatable bonds is 10. The zero-order chi connectivity index (χ0) is 31.9. The summed E-state index contributed by atoms with van der Waals surface area (Å²) in [5.74, 6) is 2.16. The minimum atomic E-state index is -0.390. The number of nitrogens with zero attached hydrogens (tertiary/aromatic N) is 5. The van der Waals surface area contributed by atoms with Crippen LogP contribution in [0.2, 0.25) is 0 Å². The van der Waals surface area contributed by atoms with Gasteiger partial charge in [-0.15, -0.1) is 0 Å². The first-order valence-electron chi connectivity index (χ1n) is 16.3.